The molecule has 1 saturated carbocycles. The molecule has 0 spiro atoms. The van der Waals surface area contributed by atoms with Crippen molar-refractivity contribution in [2.24, 2.45) is 17.8 Å². The van der Waals surface area contributed by atoms with Crippen molar-refractivity contribution in [1.29, 1.82) is 0 Å². The van der Waals surface area contributed by atoms with E-state index in [1.165, 1.54) is 51.4 Å². The molecule has 0 aromatic carbocycles. The van der Waals surface area contributed by atoms with Crippen LogP contribution in [0.4, 0.5) is 0 Å². The van der Waals surface area contributed by atoms with Crippen molar-refractivity contribution >= 4 is 0 Å². The Morgan fingerprint density at radius 3 is 1.35 bits per heavy atom. The van der Waals surface area contributed by atoms with Crippen molar-refractivity contribution in [2.75, 3.05) is 26.4 Å². The van der Waals surface area contributed by atoms with Gasteiger partial charge in [0, 0.05) is 26.4 Å². The Morgan fingerprint density at radius 2 is 1.10 bits per heavy atom. The van der Waals surface area contributed by atoms with Crippen molar-refractivity contribution in [3.05, 3.63) is 0 Å². The summed E-state index contributed by atoms with van der Waals surface area (Å²) < 4.78 is 10.2. The third-order valence-electron chi connectivity index (χ3n) is 4.44. The summed E-state index contributed by atoms with van der Waals surface area (Å²) in [5, 5.41) is 0. The molecule has 0 radical (unpaired) electrons. The molecular weight excluding hydrogens is 248 g/mol. The topological polar surface area (TPSA) is 18.5 Å². The lowest BCUT2D eigenvalue weighted by Gasteiger charge is -2.16. The lowest BCUT2D eigenvalue weighted by molar-refractivity contribution is 0.0616. The lowest BCUT2D eigenvalue weighted by Crippen LogP contribution is -2.13. The molecule has 2 nitrogen and oxygen atoms in total. The summed E-state index contributed by atoms with van der Waals surface area (Å²) in [6, 6.07) is 0. The molecule has 20 heavy (non-hydrogen) atoms. The maximum Gasteiger partial charge on any atom is 0.0492 e. The monoisotopic (exact) mass is 284 g/mol. The number of ether oxygens (including phenoxy) is 2. The van der Waals surface area contributed by atoms with Gasteiger partial charge in [-0.25, -0.2) is 0 Å². The van der Waals surface area contributed by atoms with Crippen LogP contribution in [-0.2, 0) is 9.47 Å². The summed E-state index contributed by atoms with van der Waals surface area (Å²) in [4.78, 5) is 0. The van der Waals surface area contributed by atoms with Gasteiger partial charge < -0.3 is 9.47 Å². The van der Waals surface area contributed by atoms with Crippen LogP contribution in [0.15, 0.2) is 0 Å². The molecule has 2 unspecified atom stereocenters. The average Bonchev–Trinajstić information content (AvgIpc) is 2.93. The summed E-state index contributed by atoms with van der Waals surface area (Å²) in [6.07, 6.45) is 11.3. The maximum absolute atomic E-state index is 5.18. The molecule has 3 rings (SSSR count). The van der Waals surface area contributed by atoms with E-state index in [0.717, 1.165) is 44.2 Å². The van der Waals surface area contributed by atoms with Crippen molar-refractivity contribution in [2.45, 2.75) is 72.1 Å². The van der Waals surface area contributed by atoms with Crippen molar-refractivity contribution in [1.82, 2.24) is 0 Å². The standard InChI is InChI=1S/C7H14.C6H12O.C5H10O/c1-7-5-3-2-4-6-7;1-6-3-2-4-7-5-6;1-5-2-3-6-4-5/h7H,2-6H2,1H3;6H,2-5H2,1H3;5H,2-4H2,1H3. The van der Waals surface area contributed by atoms with Gasteiger partial charge in [-0.05, 0) is 37.0 Å². The van der Waals surface area contributed by atoms with E-state index >= 15 is 0 Å². The third kappa shape index (κ3) is 9.77. The van der Waals surface area contributed by atoms with Gasteiger partial charge in [-0.1, -0.05) is 52.9 Å². The van der Waals surface area contributed by atoms with Crippen LogP contribution in [0.5, 0.6) is 0 Å². The van der Waals surface area contributed by atoms with Gasteiger partial charge >= 0.3 is 0 Å². The summed E-state index contributed by atoms with van der Waals surface area (Å²) in [7, 11) is 0. The van der Waals surface area contributed by atoms with E-state index in [-0.39, 0.29) is 0 Å². The van der Waals surface area contributed by atoms with E-state index in [2.05, 4.69) is 20.8 Å². The molecule has 0 bridgehead atoms. The van der Waals surface area contributed by atoms with Gasteiger partial charge in [0.1, 0.15) is 0 Å². The van der Waals surface area contributed by atoms with E-state index in [9.17, 15) is 0 Å². The Morgan fingerprint density at radius 1 is 0.550 bits per heavy atom. The van der Waals surface area contributed by atoms with Gasteiger partial charge in [0.25, 0.3) is 0 Å². The highest BCUT2D eigenvalue weighted by molar-refractivity contribution is 4.59. The van der Waals surface area contributed by atoms with Gasteiger partial charge in [0.05, 0.1) is 0 Å². The number of rotatable bonds is 0. The zero-order valence-corrected chi connectivity index (χ0v) is 14.0. The van der Waals surface area contributed by atoms with Crippen LogP contribution >= 0.6 is 0 Å². The van der Waals surface area contributed by atoms with E-state index in [4.69, 9.17) is 9.47 Å². The molecule has 2 heterocycles. The predicted octanol–water partition coefficient (Wildman–Crippen LogP) is 5.06. The summed E-state index contributed by atoms with van der Waals surface area (Å²) in [5.74, 6) is 2.67. The van der Waals surface area contributed by atoms with Crippen LogP contribution in [0.2, 0.25) is 0 Å². The number of hydrogen-bond donors (Lipinski definition) is 0. The van der Waals surface area contributed by atoms with Crippen LogP contribution in [0.1, 0.15) is 72.1 Å². The Bertz CT molecular complexity index is 183. The Hall–Kier alpha value is -0.0800. The second-order valence-electron chi connectivity index (χ2n) is 7.03. The van der Waals surface area contributed by atoms with E-state index in [1.54, 1.807) is 0 Å². The Kier molecular flexibility index (Phi) is 10.4. The fourth-order valence-corrected chi connectivity index (χ4v) is 2.86. The van der Waals surface area contributed by atoms with E-state index < -0.39 is 0 Å². The van der Waals surface area contributed by atoms with Crippen molar-refractivity contribution < 1.29 is 9.47 Å². The molecule has 0 aromatic rings. The highest BCUT2D eigenvalue weighted by Gasteiger charge is 2.08. The molecule has 3 aliphatic rings. The van der Waals surface area contributed by atoms with Crippen LogP contribution in [0.3, 0.4) is 0 Å². The zero-order chi connectivity index (χ0) is 14.6. The Balaban J connectivity index is 0.000000151. The highest BCUT2D eigenvalue weighted by atomic mass is 16.5. The lowest BCUT2D eigenvalue weighted by atomic mass is 9.91. The molecule has 0 amide bonds. The first-order valence-corrected chi connectivity index (χ1v) is 8.84. The minimum Gasteiger partial charge on any atom is -0.381 e. The minimum absolute atomic E-state index is 0.814. The van der Waals surface area contributed by atoms with Crippen LogP contribution in [-0.4, -0.2) is 26.4 Å². The zero-order valence-electron chi connectivity index (χ0n) is 14.0. The van der Waals surface area contributed by atoms with Gasteiger partial charge in [0.2, 0.25) is 0 Å². The molecule has 2 saturated heterocycles. The molecular formula is C18H36O2. The van der Waals surface area contributed by atoms with Gasteiger partial charge in [-0.2, -0.15) is 0 Å². The molecule has 1 aliphatic carbocycles. The van der Waals surface area contributed by atoms with Gasteiger partial charge in [0.15, 0.2) is 0 Å². The molecule has 120 valence electrons. The summed E-state index contributed by atoms with van der Waals surface area (Å²) >= 11 is 0. The van der Waals surface area contributed by atoms with Crippen molar-refractivity contribution in [3.8, 4) is 0 Å². The average molecular weight is 284 g/mol. The molecule has 0 N–H and O–H groups in total. The first-order valence-electron chi connectivity index (χ1n) is 8.84. The molecule has 3 fully saturated rings. The fraction of sp³-hybridized carbons (Fsp3) is 1.00. The predicted molar refractivity (Wildman–Crippen MR) is 86.1 cm³/mol. The first kappa shape index (κ1) is 18.0. The quantitative estimate of drug-likeness (QED) is 0.619. The molecule has 2 heteroatoms. The van der Waals surface area contributed by atoms with E-state index in [0.29, 0.717) is 0 Å². The summed E-state index contributed by atoms with van der Waals surface area (Å²) in [6.45, 7) is 10.8. The van der Waals surface area contributed by atoms with E-state index in [1.807, 2.05) is 0 Å². The van der Waals surface area contributed by atoms with Gasteiger partial charge in [-0.15, -0.1) is 0 Å². The minimum atomic E-state index is 0.814. The van der Waals surface area contributed by atoms with Crippen LogP contribution < -0.4 is 0 Å². The fourth-order valence-electron chi connectivity index (χ4n) is 2.86. The second-order valence-corrected chi connectivity index (χ2v) is 7.03. The third-order valence-corrected chi connectivity index (χ3v) is 4.44. The number of hydrogen-bond acceptors (Lipinski definition) is 2. The maximum atomic E-state index is 5.18. The Labute approximate surface area is 126 Å². The van der Waals surface area contributed by atoms with Crippen LogP contribution in [0.25, 0.3) is 0 Å². The molecule has 2 atom stereocenters. The molecule has 0 aromatic heterocycles. The van der Waals surface area contributed by atoms with Gasteiger partial charge in [-0.3, -0.25) is 0 Å². The first-order chi connectivity index (χ1) is 9.68. The highest BCUT2D eigenvalue weighted by Crippen LogP contribution is 2.22. The van der Waals surface area contributed by atoms with Crippen LogP contribution in [0, 0.1) is 17.8 Å². The smallest absolute Gasteiger partial charge is 0.0492 e. The van der Waals surface area contributed by atoms with Crippen molar-refractivity contribution in [3.63, 3.8) is 0 Å². The normalized spacial score (nSPS) is 30.8. The SMILES string of the molecule is CC1CCCCC1.CC1CCCOC1.CC1CCOC1. The molecule has 2 aliphatic heterocycles. The largest absolute Gasteiger partial charge is 0.381 e. The second kappa shape index (κ2) is 11.6. The summed E-state index contributed by atoms with van der Waals surface area (Å²) in [5.41, 5.74) is 0.